The fourth-order valence-electron chi connectivity index (χ4n) is 3.31. The Labute approximate surface area is 159 Å². The van der Waals surface area contributed by atoms with E-state index in [-0.39, 0.29) is 18.1 Å². The van der Waals surface area contributed by atoms with Crippen LogP contribution in [-0.4, -0.2) is 53.7 Å². The summed E-state index contributed by atoms with van der Waals surface area (Å²) >= 11 is 0. The van der Waals surface area contributed by atoms with Crippen molar-refractivity contribution in [1.82, 2.24) is 9.88 Å². The minimum atomic E-state index is -0.406. The van der Waals surface area contributed by atoms with Crippen LogP contribution in [0.25, 0.3) is 11.3 Å². The molecule has 1 aromatic carbocycles. The van der Waals surface area contributed by atoms with E-state index in [1.165, 1.54) is 0 Å². The maximum Gasteiger partial charge on any atom is 0.340 e. The lowest BCUT2D eigenvalue weighted by molar-refractivity contribution is -0.0586. The Morgan fingerprint density at radius 2 is 1.81 bits per heavy atom. The number of ether oxygens (including phenoxy) is 2. The molecule has 1 amide bonds. The second-order valence-electron chi connectivity index (χ2n) is 6.66. The SMILES string of the molecule is CCOC(=O)c1cccnc1-c1ccc(C(=O)N2C[C@@H](C)O[C@@H](C)C2)cc1. The number of rotatable bonds is 4. The quantitative estimate of drug-likeness (QED) is 0.776. The van der Waals surface area contributed by atoms with Gasteiger partial charge in [0.1, 0.15) is 0 Å². The molecule has 1 aliphatic heterocycles. The van der Waals surface area contributed by atoms with E-state index < -0.39 is 5.97 Å². The molecule has 2 heterocycles. The van der Waals surface area contributed by atoms with Crippen LogP contribution in [0.5, 0.6) is 0 Å². The summed E-state index contributed by atoms with van der Waals surface area (Å²) in [4.78, 5) is 31.1. The number of benzene rings is 1. The van der Waals surface area contributed by atoms with Crippen LogP contribution in [0.4, 0.5) is 0 Å². The third-order valence-electron chi connectivity index (χ3n) is 4.42. The standard InChI is InChI=1S/C21H24N2O4/c1-4-26-21(25)18-6-5-11-22-19(18)16-7-9-17(10-8-16)20(24)23-12-14(2)27-15(3)13-23/h5-11,14-15H,4,12-13H2,1-3H3/t14-,15+. The van der Waals surface area contributed by atoms with E-state index in [1.807, 2.05) is 30.9 Å². The maximum atomic E-state index is 12.8. The highest BCUT2D eigenvalue weighted by Crippen LogP contribution is 2.23. The zero-order chi connectivity index (χ0) is 19.4. The lowest BCUT2D eigenvalue weighted by Gasteiger charge is -2.35. The molecule has 1 fully saturated rings. The summed E-state index contributed by atoms with van der Waals surface area (Å²) in [6, 6.07) is 10.6. The zero-order valence-corrected chi connectivity index (χ0v) is 15.8. The molecular weight excluding hydrogens is 344 g/mol. The van der Waals surface area contributed by atoms with E-state index in [2.05, 4.69) is 4.98 Å². The van der Waals surface area contributed by atoms with Crippen LogP contribution in [0.1, 0.15) is 41.5 Å². The van der Waals surface area contributed by atoms with Crippen molar-refractivity contribution in [2.45, 2.75) is 33.0 Å². The molecule has 27 heavy (non-hydrogen) atoms. The first-order chi connectivity index (χ1) is 13.0. The molecule has 0 unspecified atom stereocenters. The van der Waals surface area contributed by atoms with E-state index >= 15 is 0 Å². The molecule has 3 rings (SSSR count). The van der Waals surface area contributed by atoms with Gasteiger partial charge in [-0.1, -0.05) is 12.1 Å². The van der Waals surface area contributed by atoms with Crippen LogP contribution < -0.4 is 0 Å². The van der Waals surface area contributed by atoms with Gasteiger partial charge in [0, 0.05) is 30.4 Å². The number of esters is 1. The number of pyridine rings is 1. The number of hydrogen-bond donors (Lipinski definition) is 0. The molecule has 0 aliphatic carbocycles. The first-order valence-electron chi connectivity index (χ1n) is 9.17. The Bertz CT molecular complexity index is 809. The predicted octanol–water partition coefficient (Wildman–Crippen LogP) is 3.17. The number of morpholine rings is 1. The molecule has 0 spiro atoms. The smallest absolute Gasteiger partial charge is 0.340 e. The molecule has 142 valence electrons. The van der Waals surface area contributed by atoms with Gasteiger partial charge in [-0.25, -0.2) is 4.79 Å². The summed E-state index contributed by atoms with van der Waals surface area (Å²) in [5.41, 5.74) is 2.32. The van der Waals surface area contributed by atoms with Crippen molar-refractivity contribution < 1.29 is 19.1 Å². The molecule has 0 radical (unpaired) electrons. The van der Waals surface area contributed by atoms with Gasteiger partial charge in [0.15, 0.2) is 0 Å². The Morgan fingerprint density at radius 3 is 2.44 bits per heavy atom. The van der Waals surface area contributed by atoms with E-state index in [0.29, 0.717) is 36.5 Å². The van der Waals surface area contributed by atoms with Crippen molar-refractivity contribution >= 4 is 11.9 Å². The van der Waals surface area contributed by atoms with E-state index in [9.17, 15) is 9.59 Å². The maximum absolute atomic E-state index is 12.8. The third kappa shape index (κ3) is 4.34. The molecule has 6 nitrogen and oxygen atoms in total. The average molecular weight is 368 g/mol. The highest BCUT2D eigenvalue weighted by Gasteiger charge is 2.26. The molecular formula is C21H24N2O4. The van der Waals surface area contributed by atoms with Gasteiger partial charge in [-0.2, -0.15) is 0 Å². The zero-order valence-electron chi connectivity index (χ0n) is 15.8. The largest absolute Gasteiger partial charge is 0.462 e. The van der Waals surface area contributed by atoms with Crippen molar-refractivity contribution in [2.75, 3.05) is 19.7 Å². The molecule has 0 bridgehead atoms. The van der Waals surface area contributed by atoms with Crippen molar-refractivity contribution in [3.63, 3.8) is 0 Å². The van der Waals surface area contributed by atoms with Gasteiger partial charge in [-0.05, 0) is 45.0 Å². The topological polar surface area (TPSA) is 68.7 Å². The molecule has 0 saturated carbocycles. The number of carbonyl (C=O) groups is 2. The van der Waals surface area contributed by atoms with E-state index in [0.717, 1.165) is 5.56 Å². The van der Waals surface area contributed by atoms with Crippen LogP contribution in [0.2, 0.25) is 0 Å². The molecule has 0 N–H and O–H groups in total. The highest BCUT2D eigenvalue weighted by atomic mass is 16.5. The minimum absolute atomic E-state index is 0.0183. The van der Waals surface area contributed by atoms with Gasteiger partial charge >= 0.3 is 5.97 Å². The molecule has 6 heteroatoms. The van der Waals surface area contributed by atoms with Crippen LogP contribution >= 0.6 is 0 Å². The highest BCUT2D eigenvalue weighted by molar-refractivity contribution is 5.97. The van der Waals surface area contributed by atoms with Crippen LogP contribution in [0, 0.1) is 0 Å². The Hall–Kier alpha value is -2.73. The molecule has 1 saturated heterocycles. The van der Waals surface area contributed by atoms with Gasteiger partial charge in [0.05, 0.1) is 30.1 Å². The van der Waals surface area contributed by atoms with Gasteiger partial charge in [0.2, 0.25) is 0 Å². The Kier molecular flexibility index (Phi) is 5.86. The van der Waals surface area contributed by atoms with Gasteiger partial charge in [-0.3, -0.25) is 9.78 Å². The molecule has 2 atom stereocenters. The van der Waals surface area contributed by atoms with Crippen molar-refractivity contribution in [3.8, 4) is 11.3 Å². The summed E-state index contributed by atoms with van der Waals surface area (Å²) in [7, 11) is 0. The number of hydrogen-bond acceptors (Lipinski definition) is 5. The summed E-state index contributed by atoms with van der Waals surface area (Å²) in [5.74, 6) is -0.424. The fraction of sp³-hybridized carbons (Fsp3) is 0.381. The molecule has 2 aromatic rings. The lowest BCUT2D eigenvalue weighted by Crippen LogP contribution is -2.48. The number of nitrogens with zero attached hydrogens (tertiary/aromatic N) is 2. The molecule has 1 aliphatic rings. The van der Waals surface area contributed by atoms with E-state index in [4.69, 9.17) is 9.47 Å². The Morgan fingerprint density at radius 1 is 1.15 bits per heavy atom. The summed E-state index contributed by atoms with van der Waals surface area (Å²) in [5, 5.41) is 0. The molecule has 1 aromatic heterocycles. The van der Waals surface area contributed by atoms with Gasteiger partial charge < -0.3 is 14.4 Å². The first kappa shape index (κ1) is 19.0. The van der Waals surface area contributed by atoms with E-state index in [1.54, 1.807) is 37.4 Å². The fourth-order valence-corrected chi connectivity index (χ4v) is 3.31. The third-order valence-corrected chi connectivity index (χ3v) is 4.42. The monoisotopic (exact) mass is 368 g/mol. The number of amides is 1. The summed E-state index contributed by atoms with van der Waals surface area (Å²) in [6.45, 7) is 7.17. The number of carbonyl (C=O) groups excluding carboxylic acids is 2. The first-order valence-corrected chi connectivity index (χ1v) is 9.17. The summed E-state index contributed by atoms with van der Waals surface area (Å²) in [6.07, 6.45) is 1.68. The van der Waals surface area contributed by atoms with Crippen LogP contribution in [0.3, 0.4) is 0 Å². The second-order valence-corrected chi connectivity index (χ2v) is 6.66. The normalized spacial score (nSPS) is 19.6. The lowest BCUT2D eigenvalue weighted by atomic mass is 10.0. The summed E-state index contributed by atoms with van der Waals surface area (Å²) < 4.78 is 10.8. The second kappa shape index (κ2) is 8.31. The van der Waals surface area contributed by atoms with Crippen LogP contribution in [-0.2, 0) is 9.47 Å². The minimum Gasteiger partial charge on any atom is -0.462 e. The van der Waals surface area contributed by atoms with Gasteiger partial charge in [0.25, 0.3) is 5.91 Å². The Balaban J connectivity index is 1.82. The van der Waals surface area contributed by atoms with Crippen molar-refractivity contribution in [2.24, 2.45) is 0 Å². The van der Waals surface area contributed by atoms with Crippen molar-refractivity contribution in [1.29, 1.82) is 0 Å². The number of aromatic nitrogens is 1. The predicted molar refractivity (Wildman–Crippen MR) is 102 cm³/mol. The average Bonchev–Trinajstić information content (AvgIpc) is 2.67. The van der Waals surface area contributed by atoms with Crippen molar-refractivity contribution in [3.05, 3.63) is 53.7 Å². The van der Waals surface area contributed by atoms with Gasteiger partial charge in [-0.15, -0.1) is 0 Å². The van der Waals surface area contributed by atoms with Crippen LogP contribution in [0.15, 0.2) is 42.6 Å².